The third kappa shape index (κ3) is 3.95. The molecule has 1 rings (SSSR count). The van der Waals surface area contributed by atoms with E-state index in [9.17, 15) is 4.79 Å². The lowest BCUT2D eigenvalue weighted by atomic mass is 9.94. The summed E-state index contributed by atoms with van der Waals surface area (Å²) in [6.07, 6.45) is 1.38. The lowest BCUT2D eigenvalue weighted by molar-refractivity contribution is -0.123. The minimum atomic E-state index is -0.173. The molecule has 0 radical (unpaired) electrons. The van der Waals surface area contributed by atoms with Crippen molar-refractivity contribution >= 4 is 5.91 Å². The molecule has 0 aliphatic carbocycles. The van der Waals surface area contributed by atoms with E-state index in [0.29, 0.717) is 13.0 Å². The number of carbonyl (C=O) groups excluding carboxylic acids is 1. The zero-order valence-corrected chi connectivity index (χ0v) is 7.05. The van der Waals surface area contributed by atoms with Gasteiger partial charge >= 0.3 is 0 Å². The molecule has 0 aromatic carbocycles. The molecule has 1 saturated heterocycles. The lowest BCUT2D eigenvalue weighted by Crippen LogP contribution is -2.52. The molecule has 4 nitrogen and oxygen atoms in total. The van der Waals surface area contributed by atoms with Crippen LogP contribution < -0.4 is 11.1 Å². The Balaban J connectivity index is 0.000000461. The van der Waals surface area contributed by atoms with E-state index in [1.165, 1.54) is 0 Å². The molecule has 0 spiro atoms. The van der Waals surface area contributed by atoms with Crippen LogP contribution in [0.15, 0.2) is 0 Å². The molecule has 4 heteroatoms. The first-order valence-corrected chi connectivity index (χ1v) is 3.60. The Morgan fingerprint density at radius 3 is 2.45 bits per heavy atom. The summed E-state index contributed by atoms with van der Waals surface area (Å²) in [5, 5.41) is 9.71. The number of aliphatic hydroxyl groups is 1. The Labute approximate surface area is 66.8 Å². The van der Waals surface area contributed by atoms with Crippen LogP contribution in [-0.4, -0.2) is 30.2 Å². The molecule has 0 saturated carbocycles. The summed E-state index contributed by atoms with van der Waals surface area (Å²) in [4.78, 5) is 10.6. The molecule has 1 unspecified atom stereocenters. The highest BCUT2D eigenvalue weighted by molar-refractivity contribution is 5.77. The monoisotopic (exact) mass is 160 g/mol. The maximum absolute atomic E-state index is 10.6. The van der Waals surface area contributed by atoms with Gasteiger partial charge in [-0.2, -0.15) is 0 Å². The van der Waals surface area contributed by atoms with Gasteiger partial charge in [-0.05, 0) is 13.3 Å². The van der Waals surface area contributed by atoms with E-state index in [1.54, 1.807) is 0 Å². The van der Waals surface area contributed by atoms with Crippen LogP contribution in [-0.2, 0) is 4.79 Å². The first-order chi connectivity index (χ1) is 5.10. The molecule has 1 atom stereocenters. The molecule has 4 N–H and O–H groups in total. The van der Waals surface area contributed by atoms with Gasteiger partial charge in [0.1, 0.15) is 0 Å². The highest BCUT2D eigenvalue weighted by Crippen LogP contribution is 2.11. The second-order valence-electron chi connectivity index (χ2n) is 2.93. The number of carbonyl (C=O) groups is 1. The standard InChI is InChI=1S/C6H12N2O.CH4O/c1-6(7)3-2-5(9)8-4-6;1-2/h2-4,7H2,1H3,(H,8,9);2H,1H3. The maximum atomic E-state index is 10.6. The maximum Gasteiger partial charge on any atom is 0.220 e. The van der Waals surface area contributed by atoms with Crippen molar-refractivity contribution in [1.82, 2.24) is 5.32 Å². The van der Waals surface area contributed by atoms with Crippen LogP contribution >= 0.6 is 0 Å². The number of nitrogens with two attached hydrogens (primary N) is 1. The molecule has 1 aliphatic heterocycles. The van der Waals surface area contributed by atoms with E-state index in [-0.39, 0.29) is 11.4 Å². The van der Waals surface area contributed by atoms with Gasteiger partial charge in [0.15, 0.2) is 0 Å². The molecule has 0 aromatic heterocycles. The third-order valence-corrected chi connectivity index (χ3v) is 1.61. The molecule has 0 bridgehead atoms. The van der Waals surface area contributed by atoms with E-state index in [1.807, 2.05) is 6.92 Å². The van der Waals surface area contributed by atoms with Crippen molar-refractivity contribution < 1.29 is 9.90 Å². The first-order valence-electron chi connectivity index (χ1n) is 3.60. The number of hydrogen-bond donors (Lipinski definition) is 3. The fraction of sp³-hybridized carbons (Fsp3) is 0.857. The molecule has 1 amide bonds. The highest BCUT2D eigenvalue weighted by atomic mass is 16.2. The largest absolute Gasteiger partial charge is 0.400 e. The molecule has 66 valence electrons. The van der Waals surface area contributed by atoms with Crippen molar-refractivity contribution in [1.29, 1.82) is 0 Å². The van der Waals surface area contributed by atoms with Crippen LogP contribution in [0.25, 0.3) is 0 Å². The second kappa shape index (κ2) is 4.31. The Bertz CT molecular complexity index is 122. The van der Waals surface area contributed by atoms with E-state index >= 15 is 0 Å². The van der Waals surface area contributed by atoms with Gasteiger partial charge in [0.25, 0.3) is 0 Å². The average molecular weight is 160 g/mol. The predicted molar refractivity (Wildman–Crippen MR) is 43.0 cm³/mol. The Morgan fingerprint density at radius 1 is 1.64 bits per heavy atom. The van der Waals surface area contributed by atoms with Crippen LogP contribution in [0.1, 0.15) is 19.8 Å². The Hall–Kier alpha value is -0.610. The predicted octanol–water partition coefficient (Wildman–Crippen LogP) is -0.778. The second-order valence-corrected chi connectivity index (χ2v) is 2.93. The van der Waals surface area contributed by atoms with Crippen molar-refractivity contribution in [3.05, 3.63) is 0 Å². The van der Waals surface area contributed by atoms with Crippen LogP contribution in [0.2, 0.25) is 0 Å². The van der Waals surface area contributed by atoms with Gasteiger partial charge in [-0.3, -0.25) is 4.79 Å². The van der Waals surface area contributed by atoms with Crippen molar-refractivity contribution in [3.63, 3.8) is 0 Å². The summed E-state index contributed by atoms with van der Waals surface area (Å²) in [5.41, 5.74) is 5.55. The molecule has 11 heavy (non-hydrogen) atoms. The summed E-state index contributed by atoms with van der Waals surface area (Å²) in [6.45, 7) is 2.57. The van der Waals surface area contributed by atoms with Gasteiger partial charge in [-0.15, -0.1) is 0 Å². The van der Waals surface area contributed by atoms with Crippen LogP contribution in [0.5, 0.6) is 0 Å². The van der Waals surface area contributed by atoms with E-state index in [2.05, 4.69) is 5.32 Å². The van der Waals surface area contributed by atoms with E-state index in [0.717, 1.165) is 13.5 Å². The van der Waals surface area contributed by atoms with Crippen LogP contribution in [0.4, 0.5) is 0 Å². The van der Waals surface area contributed by atoms with Gasteiger partial charge in [0, 0.05) is 25.6 Å². The number of nitrogens with one attached hydrogen (secondary N) is 1. The number of hydrogen-bond acceptors (Lipinski definition) is 3. The Kier molecular flexibility index (Phi) is 4.07. The summed E-state index contributed by atoms with van der Waals surface area (Å²) in [5.74, 6) is 0.123. The van der Waals surface area contributed by atoms with Gasteiger partial charge in [-0.25, -0.2) is 0 Å². The van der Waals surface area contributed by atoms with Gasteiger partial charge < -0.3 is 16.2 Å². The first kappa shape index (κ1) is 10.4. The topological polar surface area (TPSA) is 75.4 Å². The molecule has 0 aromatic rings. The zero-order valence-electron chi connectivity index (χ0n) is 7.05. The average Bonchev–Trinajstić information content (AvgIpc) is 2.00. The number of rotatable bonds is 0. The summed E-state index contributed by atoms with van der Waals surface area (Å²) in [6, 6.07) is 0. The van der Waals surface area contributed by atoms with Crippen molar-refractivity contribution in [2.75, 3.05) is 13.7 Å². The normalized spacial score (nSPS) is 30.0. The SMILES string of the molecule is CC1(N)CCC(=O)NC1.CO. The van der Waals surface area contributed by atoms with Gasteiger partial charge in [-0.1, -0.05) is 0 Å². The third-order valence-electron chi connectivity index (χ3n) is 1.61. The molecular weight excluding hydrogens is 144 g/mol. The van der Waals surface area contributed by atoms with Crippen LogP contribution in [0.3, 0.4) is 0 Å². The van der Waals surface area contributed by atoms with E-state index < -0.39 is 0 Å². The van der Waals surface area contributed by atoms with Crippen molar-refractivity contribution in [3.8, 4) is 0 Å². The molecule has 1 heterocycles. The molecule has 1 aliphatic rings. The number of amides is 1. The van der Waals surface area contributed by atoms with Crippen molar-refractivity contribution in [2.45, 2.75) is 25.3 Å². The van der Waals surface area contributed by atoms with E-state index in [4.69, 9.17) is 10.8 Å². The number of piperidine rings is 1. The van der Waals surface area contributed by atoms with Crippen LogP contribution in [0, 0.1) is 0 Å². The van der Waals surface area contributed by atoms with Gasteiger partial charge in [0.05, 0.1) is 0 Å². The van der Waals surface area contributed by atoms with Crippen molar-refractivity contribution in [2.24, 2.45) is 5.73 Å². The van der Waals surface area contributed by atoms with Gasteiger partial charge in [0.2, 0.25) is 5.91 Å². The molecule has 1 fully saturated rings. The Morgan fingerprint density at radius 2 is 2.18 bits per heavy atom. The quantitative estimate of drug-likeness (QED) is 0.435. The zero-order chi connectivity index (χ0) is 8.91. The smallest absolute Gasteiger partial charge is 0.220 e. The highest BCUT2D eigenvalue weighted by Gasteiger charge is 2.24. The fourth-order valence-electron chi connectivity index (χ4n) is 0.876. The molecular formula is C7H16N2O2. The minimum Gasteiger partial charge on any atom is -0.400 e. The fourth-order valence-corrected chi connectivity index (χ4v) is 0.876. The lowest BCUT2D eigenvalue weighted by Gasteiger charge is -2.28. The minimum absolute atomic E-state index is 0.123. The number of aliphatic hydroxyl groups excluding tert-OH is 1. The summed E-state index contributed by atoms with van der Waals surface area (Å²) in [7, 11) is 1.00. The summed E-state index contributed by atoms with van der Waals surface area (Å²) < 4.78 is 0. The summed E-state index contributed by atoms with van der Waals surface area (Å²) >= 11 is 0.